The minimum Gasteiger partial charge on any atom is -0.316 e. The Labute approximate surface area is 88.1 Å². The van der Waals surface area contributed by atoms with Crippen LogP contribution < -0.4 is 5.32 Å². The second kappa shape index (κ2) is 8.89. The summed E-state index contributed by atoms with van der Waals surface area (Å²) < 4.78 is 0. The van der Waals surface area contributed by atoms with E-state index in [0.717, 1.165) is 11.2 Å². The predicted octanol–water partition coefficient (Wildman–Crippen LogP) is 3.15. The lowest BCUT2D eigenvalue weighted by molar-refractivity contribution is 0.448. The van der Waals surface area contributed by atoms with Crippen LogP contribution >= 0.6 is 11.8 Å². The van der Waals surface area contributed by atoms with Crippen LogP contribution in [0.2, 0.25) is 0 Å². The molecule has 13 heavy (non-hydrogen) atoms. The average molecular weight is 203 g/mol. The molecule has 80 valence electrons. The number of rotatable bonds is 8. The van der Waals surface area contributed by atoms with Crippen LogP contribution in [0.5, 0.6) is 0 Å². The number of nitrogens with one attached hydrogen (secondary N) is 1. The summed E-state index contributed by atoms with van der Waals surface area (Å²) in [6.07, 6.45) is 6.09. The van der Waals surface area contributed by atoms with Gasteiger partial charge in [-0.25, -0.2) is 0 Å². The molecule has 0 amide bonds. The summed E-state index contributed by atoms with van der Waals surface area (Å²) in [6, 6.07) is 0. The highest BCUT2D eigenvalue weighted by Crippen LogP contribution is 2.09. The molecule has 0 bridgehead atoms. The van der Waals surface area contributed by atoms with Crippen molar-refractivity contribution in [2.24, 2.45) is 5.92 Å². The van der Waals surface area contributed by atoms with Crippen LogP contribution in [0.4, 0.5) is 0 Å². The molecule has 0 saturated carbocycles. The average Bonchev–Trinajstić information content (AvgIpc) is 2.18. The van der Waals surface area contributed by atoms with E-state index in [4.69, 9.17) is 0 Å². The highest BCUT2D eigenvalue weighted by atomic mass is 32.2. The zero-order valence-corrected chi connectivity index (χ0v) is 10.4. The molecule has 0 spiro atoms. The van der Waals surface area contributed by atoms with Crippen LogP contribution in [0.25, 0.3) is 0 Å². The fourth-order valence-electron chi connectivity index (χ4n) is 1.31. The second-order valence-corrected chi connectivity index (χ2v) is 5.00. The first-order chi connectivity index (χ1) is 6.24. The van der Waals surface area contributed by atoms with Gasteiger partial charge in [0.2, 0.25) is 0 Å². The maximum atomic E-state index is 3.54. The van der Waals surface area contributed by atoms with Crippen molar-refractivity contribution in [3.8, 4) is 0 Å². The molecule has 0 rings (SSSR count). The number of thioether (sulfide) groups is 1. The molecule has 0 aromatic rings. The van der Waals surface area contributed by atoms with Crippen molar-refractivity contribution in [1.29, 1.82) is 0 Å². The van der Waals surface area contributed by atoms with Crippen molar-refractivity contribution in [2.75, 3.05) is 19.3 Å². The van der Waals surface area contributed by atoms with Crippen LogP contribution in [0.1, 0.15) is 40.0 Å². The molecule has 1 atom stereocenters. The van der Waals surface area contributed by atoms with E-state index in [1.54, 1.807) is 0 Å². The van der Waals surface area contributed by atoms with Gasteiger partial charge in [0.25, 0.3) is 0 Å². The molecule has 0 aromatic carbocycles. The Hall–Kier alpha value is 0.310. The molecule has 0 heterocycles. The summed E-state index contributed by atoms with van der Waals surface area (Å²) in [6.45, 7) is 9.23. The Kier molecular flexibility index (Phi) is 9.10. The Morgan fingerprint density at radius 3 is 2.31 bits per heavy atom. The molecule has 0 fully saturated rings. The lowest BCUT2D eigenvalue weighted by Gasteiger charge is -2.14. The third kappa shape index (κ3) is 7.39. The van der Waals surface area contributed by atoms with Crippen molar-refractivity contribution in [2.45, 2.75) is 45.3 Å². The van der Waals surface area contributed by atoms with E-state index in [1.807, 2.05) is 11.8 Å². The van der Waals surface area contributed by atoms with Crippen LogP contribution in [-0.4, -0.2) is 24.6 Å². The first-order valence-electron chi connectivity index (χ1n) is 5.48. The predicted molar refractivity (Wildman–Crippen MR) is 64.5 cm³/mol. The number of hydrogen-bond acceptors (Lipinski definition) is 2. The zero-order valence-electron chi connectivity index (χ0n) is 9.60. The molecule has 2 heteroatoms. The third-order valence-electron chi connectivity index (χ3n) is 2.72. The first-order valence-corrected chi connectivity index (χ1v) is 6.76. The molecule has 1 unspecified atom stereocenters. The fraction of sp³-hybridized carbons (Fsp3) is 1.00. The maximum absolute atomic E-state index is 3.54. The van der Waals surface area contributed by atoms with Crippen molar-refractivity contribution in [1.82, 2.24) is 5.32 Å². The van der Waals surface area contributed by atoms with Gasteiger partial charge in [-0.3, -0.25) is 0 Å². The molecule has 0 aliphatic heterocycles. The standard InChI is InChI=1S/C11H25NS/c1-5-11(6-2)9-12-8-7-10(3)13-4/h10-12H,5-9H2,1-4H3. The van der Waals surface area contributed by atoms with Crippen molar-refractivity contribution in [3.05, 3.63) is 0 Å². The van der Waals surface area contributed by atoms with Crippen molar-refractivity contribution in [3.63, 3.8) is 0 Å². The molecule has 0 radical (unpaired) electrons. The Morgan fingerprint density at radius 1 is 1.23 bits per heavy atom. The van der Waals surface area contributed by atoms with Gasteiger partial charge in [0.1, 0.15) is 0 Å². The largest absolute Gasteiger partial charge is 0.316 e. The summed E-state index contributed by atoms with van der Waals surface area (Å²) in [7, 11) is 0. The summed E-state index contributed by atoms with van der Waals surface area (Å²) in [5.41, 5.74) is 0. The van der Waals surface area contributed by atoms with E-state index >= 15 is 0 Å². The van der Waals surface area contributed by atoms with Gasteiger partial charge in [0, 0.05) is 5.25 Å². The molecule has 0 saturated heterocycles. The summed E-state index contributed by atoms with van der Waals surface area (Å²) in [5.74, 6) is 0.879. The van der Waals surface area contributed by atoms with Gasteiger partial charge in [-0.15, -0.1) is 0 Å². The van der Waals surface area contributed by atoms with Gasteiger partial charge >= 0.3 is 0 Å². The van der Waals surface area contributed by atoms with Gasteiger partial charge in [-0.2, -0.15) is 11.8 Å². The lowest BCUT2D eigenvalue weighted by atomic mass is 10.0. The highest BCUT2D eigenvalue weighted by Gasteiger charge is 2.03. The SMILES string of the molecule is CCC(CC)CNCCC(C)SC. The van der Waals surface area contributed by atoms with E-state index in [0.29, 0.717) is 0 Å². The minimum absolute atomic E-state index is 0.800. The molecule has 0 aliphatic carbocycles. The Morgan fingerprint density at radius 2 is 1.85 bits per heavy atom. The molecular weight excluding hydrogens is 178 g/mol. The Bertz CT molecular complexity index is 102. The normalized spacial score (nSPS) is 13.6. The topological polar surface area (TPSA) is 12.0 Å². The first kappa shape index (κ1) is 13.3. The molecule has 1 N–H and O–H groups in total. The van der Waals surface area contributed by atoms with Crippen LogP contribution in [0, 0.1) is 5.92 Å². The van der Waals surface area contributed by atoms with Crippen LogP contribution in [0.15, 0.2) is 0 Å². The van der Waals surface area contributed by atoms with Gasteiger partial charge in [-0.1, -0.05) is 33.6 Å². The Balaban J connectivity index is 3.23. The zero-order chi connectivity index (χ0) is 10.1. The monoisotopic (exact) mass is 203 g/mol. The van der Waals surface area contributed by atoms with Crippen LogP contribution in [-0.2, 0) is 0 Å². The van der Waals surface area contributed by atoms with Gasteiger partial charge in [-0.05, 0) is 31.7 Å². The smallest absolute Gasteiger partial charge is 0.00280 e. The second-order valence-electron chi connectivity index (χ2n) is 3.72. The van der Waals surface area contributed by atoms with E-state index in [1.165, 1.54) is 32.4 Å². The van der Waals surface area contributed by atoms with E-state index in [2.05, 4.69) is 32.3 Å². The van der Waals surface area contributed by atoms with E-state index in [9.17, 15) is 0 Å². The van der Waals surface area contributed by atoms with Gasteiger partial charge in [0.05, 0.1) is 0 Å². The van der Waals surface area contributed by atoms with Gasteiger partial charge in [0.15, 0.2) is 0 Å². The van der Waals surface area contributed by atoms with Gasteiger partial charge < -0.3 is 5.32 Å². The fourth-order valence-corrected chi connectivity index (χ4v) is 1.66. The highest BCUT2D eigenvalue weighted by molar-refractivity contribution is 7.99. The van der Waals surface area contributed by atoms with Crippen molar-refractivity contribution >= 4 is 11.8 Å². The molecule has 0 aliphatic rings. The van der Waals surface area contributed by atoms with Crippen LogP contribution in [0.3, 0.4) is 0 Å². The quantitative estimate of drug-likeness (QED) is 0.608. The lowest BCUT2D eigenvalue weighted by Crippen LogP contribution is -2.24. The maximum Gasteiger partial charge on any atom is 0.00280 e. The molecular formula is C11H25NS. The number of hydrogen-bond donors (Lipinski definition) is 1. The van der Waals surface area contributed by atoms with E-state index < -0.39 is 0 Å². The summed E-state index contributed by atoms with van der Waals surface area (Å²) >= 11 is 1.96. The molecule has 1 nitrogen and oxygen atoms in total. The third-order valence-corrected chi connectivity index (χ3v) is 3.76. The minimum atomic E-state index is 0.800. The van der Waals surface area contributed by atoms with E-state index in [-0.39, 0.29) is 0 Å². The summed E-state index contributed by atoms with van der Waals surface area (Å²) in [5, 5.41) is 4.34. The summed E-state index contributed by atoms with van der Waals surface area (Å²) in [4.78, 5) is 0. The molecule has 0 aromatic heterocycles. The van der Waals surface area contributed by atoms with Crippen molar-refractivity contribution < 1.29 is 0 Å².